The Kier molecular flexibility index (Phi) is 3.82. The average molecular weight is 286 g/mol. The smallest absolute Gasteiger partial charge is 0.243 e. The lowest BCUT2D eigenvalue weighted by Crippen LogP contribution is -2.29. The van der Waals surface area contributed by atoms with Gasteiger partial charge in [0, 0.05) is 13.1 Å². The van der Waals surface area contributed by atoms with Gasteiger partial charge >= 0.3 is 0 Å². The van der Waals surface area contributed by atoms with Crippen LogP contribution in [0.25, 0.3) is 0 Å². The maximum absolute atomic E-state index is 13.5. The summed E-state index contributed by atoms with van der Waals surface area (Å²) in [6.07, 6.45) is 1.85. The number of halogens is 1. The third-order valence-electron chi connectivity index (χ3n) is 3.72. The molecule has 0 radical (unpaired) electrons. The summed E-state index contributed by atoms with van der Waals surface area (Å²) in [5.74, 6) is -0.138. The van der Waals surface area contributed by atoms with Gasteiger partial charge in [-0.3, -0.25) is 0 Å². The van der Waals surface area contributed by atoms with Gasteiger partial charge in [0.2, 0.25) is 10.0 Å². The van der Waals surface area contributed by atoms with E-state index in [0.717, 1.165) is 12.8 Å². The van der Waals surface area contributed by atoms with E-state index in [0.29, 0.717) is 19.0 Å². The highest BCUT2D eigenvalue weighted by molar-refractivity contribution is 7.89. The van der Waals surface area contributed by atoms with Crippen LogP contribution in [0.15, 0.2) is 17.0 Å². The van der Waals surface area contributed by atoms with E-state index in [-0.39, 0.29) is 16.1 Å². The van der Waals surface area contributed by atoms with Gasteiger partial charge in [0.25, 0.3) is 0 Å². The number of sulfonamides is 1. The molecule has 1 heterocycles. The topological polar surface area (TPSA) is 63.4 Å². The number of hydrogen-bond donors (Lipinski definition) is 1. The molecule has 1 saturated heterocycles. The Morgan fingerprint density at radius 1 is 1.47 bits per heavy atom. The lowest BCUT2D eigenvalue weighted by atomic mass is 10.1. The first-order chi connectivity index (χ1) is 8.86. The highest BCUT2D eigenvalue weighted by Crippen LogP contribution is 2.28. The number of anilines is 1. The van der Waals surface area contributed by atoms with Gasteiger partial charge in [0.15, 0.2) is 0 Å². The summed E-state index contributed by atoms with van der Waals surface area (Å²) in [5.41, 5.74) is 5.65. The van der Waals surface area contributed by atoms with Crippen molar-refractivity contribution in [2.45, 2.75) is 31.6 Å². The molecule has 0 saturated carbocycles. The fourth-order valence-electron chi connectivity index (χ4n) is 2.41. The van der Waals surface area contributed by atoms with Crippen LogP contribution in [0.4, 0.5) is 10.1 Å². The predicted molar refractivity (Wildman–Crippen MR) is 72.7 cm³/mol. The first kappa shape index (κ1) is 14.3. The summed E-state index contributed by atoms with van der Waals surface area (Å²) in [6.45, 7) is 4.64. The lowest BCUT2D eigenvalue weighted by molar-refractivity contribution is 0.453. The molecule has 1 aliphatic heterocycles. The molecule has 0 bridgehead atoms. The molecule has 4 nitrogen and oxygen atoms in total. The molecule has 1 atom stereocenters. The SMILES string of the molecule is CCC1CCN(S(=O)(=O)c2cc(C)c(F)c(N)c2)C1. The lowest BCUT2D eigenvalue weighted by Gasteiger charge is -2.17. The van der Waals surface area contributed by atoms with Crippen LogP contribution in [0, 0.1) is 18.7 Å². The van der Waals surface area contributed by atoms with Crippen molar-refractivity contribution in [3.05, 3.63) is 23.5 Å². The normalized spacial score (nSPS) is 20.9. The molecule has 2 rings (SSSR count). The van der Waals surface area contributed by atoms with Gasteiger partial charge in [-0.2, -0.15) is 4.31 Å². The molecule has 19 heavy (non-hydrogen) atoms. The highest BCUT2D eigenvalue weighted by Gasteiger charge is 2.32. The Morgan fingerprint density at radius 3 is 2.68 bits per heavy atom. The molecular formula is C13H19FN2O2S. The van der Waals surface area contributed by atoms with E-state index in [2.05, 4.69) is 6.92 Å². The van der Waals surface area contributed by atoms with Crippen molar-refractivity contribution < 1.29 is 12.8 Å². The van der Waals surface area contributed by atoms with E-state index in [9.17, 15) is 12.8 Å². The minimum absolute atomic E-state index is 0.0839. The van der Waals surface area contributed by atoms with Crippen LogP contribution in [0.2, 0.25) is 0 Å². The molecule has 1 unspecified atom stereocenters. The number of nitrogens with zero attached hydrogens (tertiary/aromatic N) is 1. The zero-order chi connectivity index (χ0) is 14.2. The fourth-order valence-corrected chi connectivity index (χ4v) is 4.06. The Morgan fingerprint density at radius 2 is 2.16 bits per heavy atom. The number of nitrogen functional groups attached to an aromatic ring is 1. The summed E-state index contributed by atoms with van der Waals surface area (Å²) in [4.78, 5) is 0.0839. The Labute approximate surface area is 113 Å². The van der Waals surface area contributed by atoms with Gasteiger partial charge < -0.3 is 5.73 Å². The molecule has 2 N–H and O–H groups in total. The van der Waals surface area contributed by atoms with Crippen LogP contribution < -0.4 is 5.73 Å². The van der Waals surface area contributed by atoms with E-state index in [4.69, 9.17) is 5.73 Å². The first-order valence-electron chi connectivity index (χ1n) is 6.42. The van der Waals surface area contributed by atoms with Crippen LogP contribution in [0.1, 0.15) is 25.3 Å². The molecule has 6 heteroatoms. The second-order valence-electron chi connectivity index (χ2n) is 5.07. The van der Waals surface area contributed by atoms with E-state index >= 15 is 0 Å². The molecular weight excluding hydrogens is 267 g/mol. The van der Waals surface area contributed by atoms with Crippen molar-refractivity contribution in [2.24, 2.45) is 5.92 Å². The van der Waals surface area contributed by atoms with Crippen molar-refractivity contribution >= 4 is 15.7 Å². The molecule has 0 spiro atoms. The molecule has 1 aromatic carbocycles. The van der Waals surface area contributed by atoms with E-state index in [1.54, 1.807) is 0 Å². The summed E-state index contributed by atoms with van der Waals surface area (Å²) >= 11 is 0. The van der Waals surface area contributed by atoms with Crippen LogP contribution in [0.3, 0.4) is 0 Å². The van der Waals surface area contributed by atoms with E-state index < -0.39 is 15.8 Å². The first-order valence-corrected chi connectivity index (χ1v) is 7.86. The fraction of sp³-hybridized carbons (Fsp3) is 0.538. The number of nitrogens with two attached hydrogens (primary N) is 1. The second-order valence-corrected chi connectivity index (χ2v) is 7.01. The van der Waals surface area contributed by atoms with Crippen molar-refractivity contribution in [3.63, 3.8) is 0 Å². The summed E-state index contributed by atoms with van der Waals surface area (Å²) in [5, 5.41) is 0. The maximum atomic E-state index is 13.5. The van der Waals surface area contributed by atoms with Gasteiger partial charge in [-0.25, -0.2) is 12.8 Å². The third-order valence-corrected chi connectivity index (χ3v) is 5.56. The van der Waals surface area contributed by atoms with Crippen molar-refractivity contribution in [2.75, 3.05) is 18.8 Å². The van der Waals surface area contributed by atoms with Crippen molar-refractivity contribution in [1.29, 1.82) is 0 Å². The van der Waals surface area contributed by atoms with Crippen molar-refractivity contribution in [3.8, 4) is 0 Å². The largest absolute Gasteiger partial charge is 0.396 e. The molecule has 106 valence electrons. The van der Waals surface area contributed by atoms with Gasteiger partial charge in [0.1, 0.15) is 5.82 Å². The number of aryl methyl sites for hydroxylation is 1. The Hall–Kier alpha value is -1.14. The highest BCUT2D eigenvalue weighted by atomic mass is 32.2. The Bertz CT molecular complexity index is 563. The van der Waals surface area contributed by atoms with Gasteiger partial charge in [-0.15, -0.1) is 0 Å². The zero-order valence-corrected chi connectivity index (χ0v) is 12.0. The van der Waals surface area contributed by atoms with Gasteiger partial charge in [-0.05, 0) is 37.0 Å². The number of rotatable bonds is 3. The van der Waals surface area contributed by atoms with Gasteiger partial charge in [-0.1, -0.05) is 13.3 Å². The molecule has 1 fully saturated rings. The Balaban J connectivity index is 2.35. The summed E-state index contributed by atoms with van der Waals surface area (Å²) in [6, 6.07) is 2.55. The molecule has 1 aliphatic rings. The standard InChI is InChI=1S/C13H19FN2O2S/c1-3-10-4-5-16(8-10)19(17,18)11-6-9(2)13(14)12(15)7-11/h6-7,10H,3-5,8,15H2,1-2H3. The van der Waals surface area contributed by atoms with Crippen LogP contribution in [-0.4, -0.2) is 25.8 Å². The van der Waals surface area contributed by atoms with Crippen LogP contribution in [-0.2, 0) is 10.0 Å². The number of benzene rings is 1. The van der Waals surface area contributed by atoms with Crippen molar-refractivity contribution in [1.82, 2.24) is 4.31 Å². The third kappa shape index (κ3) is 2.60. The molecule has 0 amide bonds. The van der Waals surface area contributed by atoms with Gasteiger partial charge in [0.05, 0.1) is 10.6 Å². The second kappa shape index (κ2) is 5.09. The predicted octanol–water partition coefficient (Wildman–Crippen LogP) is 2.14. The molecule has 1 aromatic rings. The molecule has 0 aliphatic carbocycles. The zero-order valence-electron chi connectivity index (χ0n) is 11.2. The quantitative estimate of drug-likeness (QED) is 0.866. The maximum Gasteiger partial charge on any atom is 0.243 e. The minimum Gasteiger partial charge on any atom is -0.396 e. The summed E-state index contributed by atoms with van der Waals surface area (Å²) in [7, 11) is -3.56. The average Bonchev–Trinajstić information content (AvgIpc) is 2.84. The number of hydrogen-bond acceptors (Lipinski definition) is 3. The van der Waals surface area contributed by atoms with Crippen LogP contribution >= 0.6 is 0 Å². The minimum atomic E-state index is -3.56. The molecule has 0 aromatic heterocycles. The summed E-state index contributed by atoms with van der Waals surface area (Å²) < 4.78 is 39.8. The van der Waals surface area contributed by atoms with E-state index in [1.807, 2.05) is 0 Å². The van der Waals surface area contributed by atoms with Crippen LogP contribution in [0.5, 0.6) is 0 Å². The monoisotopic (exact) mass is 286 g/mol. The van der Waals surface area contributed by atoms with E-state index in [1.165, 1.54) is 23.4 Å².